The summed E-state index contributed by atoms with van der Waals surface area (Å²) in [5.41, 5.74) is 8.12. The number of nitrogens with zero attached hydrogens (tertiary/aromatic N) is 1. The second-order valence-corrected chi connectivity index (χ2v) is 4.31. The zero-order valence-corrected chi connectivity index (χ0v) is 9.91. The van der Waals surface area contributed by atoms with Gasteiger partial charge in [0.1, 0.15) is 5.75 Å². The van der Waals surface area contributed by atoms with Gasteiger partial charge in [-0.2, -0.15) is 0 Å². The number of aryl methyl sites for hydroxylation is 1. The van der Waals surface area contributed by atoms with E-state index in [1.165, 1.54) is 11.3 Å². The van der Waals surface area contributed by atoms with E-state index in [4.69, 9.17) is 10.5 Å². The minimum Gasteiger partial charge on any atom is -0.493 e. The molecule has 3 nitrogen and oxygen atoms in total. The first-order valence-corrected chi connectivity index (χ1v) is 5.98. The summed E-state index contributed by atoms with van der Waals surface area (Å²) in [6, 6.07) is 6.45. The van der Waals surface area contributed by atoms with Crippen molar-refractivity contribution < 1.29 is 4.74 Å². The largest absolute Gasteiger partial charge is 0.493 e. The highest BCUT2D eigenvalue weighted by Crippen LogP contribution is 2.28. The minimum atomic E-state index is 0.748. The van der Waals surface area contributed by atoms with Crippen LogP contribution in [0.1, 0.15) is 18.4 Å². The van der Waals surface area contributed by atoms with Gasteiger partial charge in [0, 0.05) is 19.3 Å². The molecule has 0 radical (unpaired) electrons. The fraction of sp³-hybridized carbons (Fsp3) is 0.538. The van der Waals surface area contributed by atoms with E-state index in [0.717, 1.165) is 44.7 Å². The van der Waals surface area contributed by atoms with Crippen LogP contribution in [0, 0.1) is 0 Å². The molecule has 0 unspecified atom stereocenters. The van der Waals surface area contributed by atoms with Crippen LogP contribution >= 0.6 is 0 Å². The van der Waals surface area contributed by atoms with Crippen molar-refractivity contribution in [2.45, 2.75) is 19.3 Å². The van der Waals surface area contributed by atoms with Gasteiger partial charge < -0.3 is 15.4 Å². The van der Waals surface area contributed by atoms with E-state index in [0.29, 0.717) is 0 Å². The summed E-state index contributed by atoms with van der Waals surface area (Å²) in [7, 11) is 2.11. The molecule has 2 rings (SSSR count). The molecule has 0 spiro atoms. The quantitative estimate of drug-likeness (QED) is 0.841. The molecule has 0 atom stereocenters. The van der Waals surface area contributed by atoms with Crippen molar-refractivity contribution in [2.24, 2.45) is 5.73 Å². The lowest BCUT2D eigenvalue weighted by atomic mass is 10.1. The molecule has 1 heterocycles. The standard InChI is InChI=1S/C13H20N2O/c1-15(8-3-7-14)12-5-6-13-11(10-12)4-2-9-16-13/h5-6,10H,2-4,7-9,14H2,1H3. The van der Waals surface area contributed by atoms with E-state index >= 15 is 0 Å². The van der Waals surface area contributed by atoms with Crippen molar-refractivity contribution >= 4 is 5.69 Å². The second-order valence-electron chi connectivity index (χ2n) is 4.31. The third-order valence-corrected chi connectivity index (χ3v) is 3.03. The average molecular weight is 220 g/mol. The maximum Gasteiger partial charge on any atom is 0.122 e. The SMILES string of the molecule is CN(CCCN)c1ccc2c(c1)CCCO2. The van der Waals surface area contributed by atoms with Gasteiger partial charge in [0.2, 0.25) is 0 Å². The summed E-state index contributed by atoms with van der Waals surface area (Å²) in [6.07, 6.45) is 3.29. The van der Waals surface area contributed by atoms with Gasteiger partial charge >= 0.3 is 0 Å². The topological polar surface area (TPSA) is 38.5 Å². The Kier molecular flexibility index (Phi) is 3.67. The monoisotopic (exact) mass is 220 g/mol. The Morgan fingerprint density at radius 2 is 2.31 bits per heavy atom. The number of anilines is 1. The third kappa shape index (κ3) is 2.47. The highest BCUT2D eigenvalue weighted by molar-refractivity contribution is 5.53. The predicted molar refractivity (Wildman–Crippen MR) is 67.2 cm³/mol. The normalized spacial score (nSPS) is 14.1. The number of ether oxygens (including phenoxy) is 1. The highest BCUT2D eigenvalue weighted by atomic mass is 16.5. The van der Waals surface area contributed by atoms with E-state index in [9.17, 15) is 0 Å². The van der Waals surface area contributed by atoms with Crippen LogP contribution in [0.2, 0.25) is 0 Å². The number of fused-ring (bicyclic) bond motifs is 1. The lowest BCUT2D eigenvalue weighted by Crippen LogP contribution is -2.21. The molecule has 0 aliphatic carbocycles. The minimum absolute atomic E-state index is 0.748. The number of hydrogen-bond donors (Lipinski definition) is 1. The molecule has 1 aliphatic heterocycles. The van der Waals surface area contributed by atoms with Crippen LogP contribution < -0.4 is 15.4 Å². The van der Waals surface area contributed by atoms with Crippen LogP contribution in [0.25, 0.3) is 0 Å². The van der Waals surface area contributed by atoms with Gasteiger partial charge in [0.25, 0.3) is 0 Å². The molecular formula is C13H20N2O. The summed E-state index contributed by atoms with van der Waals surface area (Å²) in [5, 5.41) is 0. The van der Waals surface area contributed by atoms with Gasteiger partial charge in [-0.1, -0.05) is 0 Å². The van der Waals surface area contributed by atoms with Crippen molar-refractivity contribution in [3.63, 3.8) is 0 Å². The fourth-order valence-electron chi connectivity index (χ4n) is 2.04. The molecule has 0 bridgehead atoms. The van der Waals surface area contributed by atoms with E-state index < -0.39 is 0 Å². The van der Waals surface area contributed by atoms with Gasteiger partial charge in [-0.3, -0.25) is 0 Å². The zero-order chi connectivity index (χ0) is 11.4. The Morgan fingerprint density at radius 3 is 3.12 bits per heavy atom. The molecule has 1 aromatic rings. The lowest BCUT2D eigenvalue weighted by Gasteiger charge is -2.23. The zero-order valence-electron chi connectivity index (χ0n) is 9.91. The van der Waals surface area contributed by atoms with Crippen molar-refractivity contribution in [1.29, 1.82) is 0 Å². The van der Waals surface area contributed by atoms with Gasteiger partial charge in [0.05, 0.1) is 6.61 Å². The fourth-order valence-corrected chi connectivity index (χ4v) is 2.04. The maximum atomic E-state index is 5.60. The third-order valence-electron chi connectivity index (χ3n) is 3.03. The van der Waals surface area contributed by atoms with Crippen LogP contribution in [-0.4, -0.2) is 26.7 Å². The molecule has 1 aromatic carbocycles. The summed E-state index contributed by atoms with van der Waals surface area (Å²) < 4.78 is 5.60. The number of rotatable bonds is 4. The van der Waals surface area contributed by atoms with Gasteiger partial charge in [-0.15, -0.1) is 0 Å². The van der Waals surface area contributed by atoms with E-state index in [1.807, 2.05) is 0 Å². The smallest absolute Gasteiger partial charge is 0.122 e. The second kappa shape index (κ2) is 5.21. The lowest BCUT2D eigenvalue weighted by molar-refractivity contribution is 0.288. The molecule has 16 heavy (non-hydrogen) atoms. The molecule has 0 fully saturated rings. The van der Waals surface area contributed by atoms with Crippen LogP contribution in [0.4, 0.5) is 5.69 Å². The van der Waals surface area contributed by atoms with Crippen LogP contribution in [-0.2, 0) is 6.42 Å². The first-order chi connectivity index (χ1) is 7.81. The maximum absolute atomic E-state index is 5.60. The number of benzene rings is 1. The molecule has 0 saturated carbocycles. The van der Waals surface area contributed by atoms with Gasteiger partial charge in [0.15, 0.2) is 0 Å². The van der Waals surface area contributed by atoms with Gasteiger partial charge in [-0.05, 0) is 49.6 Å². The Labute approximate surface area is 97.2 Å². The molecule has 1 aliphatic rings. The van der Waals surface area contributed by atoms with E-state index in [2.05, 4.69) is 30.1 Å². The van der Waals surface area contributed by atoms with E-state index in [1.54, 1.807) is 0 Å². The number of nitrogens with two attached hydrogens (primary N) is 1. The molecule has 0 aromatic heterocycles. The number of hydrogen-bond acceptors (Lipinski definition) is 3. The summed E-state index contributed by atoms with van der Waals surface area (Å²) in [6.45, 7) is 2.61. The summed E-state index contributed by atoms with van der Waals surface area (Å²) in [4.78, 5) is 2.25. The van der Waals surface area contributed by atoms with Crippen molar-refractivity contribution in [1.82, 2.24) is 0 Å². The van der Waals surface area contributed by atoms with Crippen molar-refractivity contribution in [3.05, 3.63) is 23.8 Å². The molecular weight excluding hydrogens is 200 g/mol. The van der Waals surface area contributed by atoms with Crippen LogP contribution in [0.3, 0.4) is 0 Å². The average Bonchev–Trinajstić information content (AvgIpc) is 2.35. The molecule has 0 saturated heterocycles. The summed E-state index contributed by atoms with van der Waals surface area (Å²) >= 11 is 0. The van der Waals surface area contributed by atoms with Gasteiger partial charge in [-0.25, -0.2) is 0 Å². The molecule has 3 heteroatoms. The Hall–Kier alpha value is -1.22. The molecule has 0 amide bonds. The van der Waals surface area contributed by atoms with Crippen LogP contribution in [0.5, 0.6) is 5.75 Å². The first-order valence-electron chi connectivity index (χ1n) is 5.98. The van der Waals surface area contributed by atoms with Crippen LogP contribution in [0.15, 0.2) is 18.2 Å². The van der Waals surface area contributed by atoms with Crippen molar-refractivity contribution in [2.75, 3.05) is 31.6 Å². The Balaban J connectivity index is 2.10. The predicted octanol–water partition coefficient (Wildman–Crippen LogP) is 1.80. The first kappa shape index (κ1) is 11.3. The Morgan fingerprint density at radius 1 is 1.44 bits per heavy atom. The molecule has 88 valence electrons. The van der Waals surface area contributed by atoms with E-state index in [-0.39, 0.29) is 0 Å². The Bertz CT molecular complexity index is 352. The highest BCUT2D eigenvalue weighted by Gasteiger charge is 2.11. The van der Waals surface area contributed by atoms with Crippen molar-refractivity contribution in [3.8, 4) is 5.75 Å². The molecule has 2 N–H and O–H groups in total. The summed E-state index contributed by atoms with van der Waals surface area (Å²) in [5.74, 6) is 1.06.